The van der Waals surface area contributed by atoms with Crippen LogP contribution in [0.4, 0.5) is 0 Å². The SMILES string of the molecule is CC(NC1CC1C)c1cc2cc(Br)ccc2o1. The van der Waals surface area contributed by atoms with Crippen LogP contribution in [0.5, 0.6) is 0 Å². The second kappa shape index (κ2) is 4.14. The molecular weight excluding hydrogens is 278 g/mol. The Hall–Kier alpha value is -0.800. The highest BCUT2D eigenvalue weighted by atomic mass is 79.9. The number of rotatable bonds is 3. The molecule has 3 unspecified atom stereocenters. The zero-order chi connectivity index (χ0) is 12.0. The van der Waals surface area contributed by atoms with E-state index in [4.69, 9.17) is 4.42 Å². The second-order valence-electron chi connectivity index (χ2n) is 5.04. The molecule has 0 radical (unpaired) electrons. The zero-order valence-electron chi connectivity index (χ0n) is 10.0. The summed E-state index contributed by atoms with van der Waals surface area (Å²) < 4.78 is 6.96. The van der Waals surface area contributed by atoms with Crippen molar-refractivity contribution in [2.24, 2.45) is 5.92 Å². The van der Waals surface area contributed by atoms with E-state index in [2.05, 4.69) is 47.2 Å². The second-order valence-corrected chi connectivity index (χ2v) is 5.95. The van der Waals surface area contributed by atoms with E-state index in [1.54, 1.807) is 0 Å². The van der Waals surface area contributed by atoms with Crippen LogP contribution in [0.1, 0.15) is 32.1 Å². The van der Waals surface area contributed by atoms with Crippen molar-refractivity contribution in [3.05, 3.63) is 34.5 Å². The summed E-state index contributed by atoms with van der Waals surface area (Å²) in [4.78, 5) is 0. The molecule has 0 aliphatic heterocycles. The molecule has 1 N–H and O–H groups in total. The van der Waals surface area contributed by atoms with Crippen LogP contribution in [-0.2, 0) is 0 Å². The van der Waals surface area contributed by atoms with Crippen LogP contribution >= 0.6 is 15.9 Å². The van der Waals surface area contributed by atoms with Crippen molar-refractivity contribution in [1.29, 1.82) is 0 Å². The number of furan rings is 1. The van der Waals surface area contributed by atoms with E-state index in [1.165, 1.54) is 6.42 Å². The average Bonchev–Trinajstić information content (AvgIpc) is 2.81. The van der Waals surface area contributed by atoms with Crippen molar-refractivity contribution in [1.82, 2.24) is 5.32 Å². The van der Waals surface area contributed by atoms with Crippen molar-refractivity contribution in [3.63, 3.8) is 0 Å². The third kappa shape index (κ3) is 2.26. The predicted octanol–water partition coefficient (Wildman–Crippen LogP) is 4.25. The highest BCUT2D eigenvalue weighted by Gasteiger charge is 2.33. The monoisotopic (exact) mass is 293 g/mol. The fourth-order valence-electron chi connectivity index (χ4n) is 2.21. The molecule has 90 valence electrons. The number of fused-ring (bicyclic) bond motifs is 1. The van der Waals surface area contributed by atoms with Crippen LogP contribution < -0.4 is 5.32 Å². The molecule has 1 saturated carbocycles. The van der Waals surface area contributed by atoms with Crippen LogP contribution in [-0.4, -0.2) is 6.04 Å². The molecule has 0 spiro atoms. The molecule has 1 fully saturated rings. The van der Waals surface area contributed by atoms with E-state index in [9.17, 15) is 0 Å². The van der Waals surface area contributed by atoms with Gasteiger partial charge in [0.1, 0.15) is 11.3 Å². The van der Waals surface area contributed by atoms with Crippen LogP contribution in [0.15, 0.2) is 33.2 Å². The molecule has 3 atom stereocenters. The normalized spacial score (nSPS) is 25.1. The molecule has 0 amide bonds. The number of hydrogen-bond acceptors (Lipinski definition) is 2. The fourth-order valence-corrected chi connectivity index (χ4v) is 2.58. The van der Waals surface area contributed by atoms with Crippen LogP contribution in [0.2, 0.25) is 0 Å². The lowest BCUT2D eigenvalue weighted by Gasteiger charge is -2.09. The Labute approximate surface area is 110 Å². The fraction of sp³-hybridized carbons (Fsp3) is 0.429. The quantitative estimate of drug-likeness (QED) is 0.915. The molecule has 1 heterocycles. The molecule has 1 aliphatic carbocycles. The summed E-state index contributed by atoms with van der Waals surface area (Å²) in [6.45, 7) is 4.44. The molecule has 3 heteroatoms. The minimum atomic E-state index is 0.288. The molecule has 0 bridgehead atoms. The molecule has 17 heavy (non-hydrogen) atoms. The zero-order valence-corrected chi connectivity index (χ0v) is 11.6. The van der Waals surface area contributed by atoms with Crippen LogP contribution in [0.25, 0.3) is 11.0 Å². The smallest absolute Gasteiger partial charge is 0.134 e. The highest BCUT2D eigenvalue weighted by Crippen LogP contribution is 2.33. The number of hydrogen-bond donors (Lipinski definition) is 1. The maximum Gasteiger partial charge on any atom is 0.134 e. The van der Waals surface area contributed by atoms with Crippen LogP contribution in [0, 0.1) is 5.92 Å². The van der Waals surface area contributed by atoms with Gasteiger partial charge in [0.15, 0.2) is 0 Å². The van der Waals surface area contributed by atoms with E-state index >= 15 is 0 Å². The molecule has 1 aromatic carbocycles. The van der Waals surface area contributed by atoms with Gasteiger partial charge in [-0.25, -0.2) is 0 Å². The van der Waals surface area contributed by atoms with Crippen LogP contribution in [0.3, 0.4) is 0 Å². The first kappa shape index (κ1) is 11.3. The van der Waals surface area contributed by atoms with E-state index < -0.39 is 0 Å². The first-order valence-electron chi connectivity index (χ1n) is 6.08. The van der Waals surface area contributed by atoms with Crippen molar-refractivity contribution < 1.29 is 4.42 Å². The Balaban J connectivity index is 1.84. The Morgan fingerprint density at radius 2 is 2.18 bits per heavy atom. The van der Waals surface area contributed by atoms with Crippen molar-refractivity contribution in [2.45, 2.75) is 32.4 Å². The predicted molar refractivity (Wildman–Crippen MR) is 73.0 cm³/mol. The van der Waals surface area contributed by atoms with E-state index in [0.717, 1.165) is 27.1 Å². The maximum absolute atomic E-state index is 5.87. The van der Waals surface area contributed by atoms with Gasteiger partial charge in [-0.1, -0.05) is 22.9 Å². The number of nitrogens with one attached hydrogen (secondary N) is 1. The summed E-state index contributed by atoms with van der Waals surface area (Å²) in [5, 5.41) is 4.75. The topological polar surface area (TPSA) is 25.2 Å². The lowest BCUT2D eigenvalue weighted by atomic mass is 10.2. The van der Waals surface area contributed by atoms with Gasteiger partial charge in [-0.2, -0.15) is 0 Å². The van der Waals surface area contributed by atoms with E-state index in [1.807, 2.05) is 12.1 Å². The first-order chi connectivity index (χ1) is 8.13. The number of halogens is 1. The molecule has 1 aliphatic rings. The lowest BCUT2D eigenvalue weighted by molar-refractivity contribution is 0.443. The average molecular weight is 294 g/mol. The summed E-state index contributed by atoms with van der Waals surface area (Å²) in [6, 6.07) is 9.20. The van der Waals surface area contributed by atoms with Gasteiger partial charge in [0.2, 0.25) is 0 Å². The molecule has 2 aromatic rings. The minimum Gasteiger partial charge on any atom is -0.459 e. The summed E-state index contributed by atoms with van der Waals surface area (Å²) in [7, 11) is 0. The number of benzene rings is 1. The molecular formula is C14H16BrNO. The minimum absolute atomic E-state index is 0.288. The summed E-state index contributed by atoms with van der Waals surface area (Å²) in [5.41, 5.74) is 0.959. The standard InChI is InChI=1S/C14H16BrNO/c1-8-5-12(8)16-9(2)14-7-10-6-11(15)3-4-13(10)17-14/h3-4,6-9,12,16H,5H2,1-2H3. The van der Waals surface area contributed by atoms with Gasteiger partial charge in [-0.05, 0) is 43.5 Å². The van der Waals surface area contributed by atoms with Crippen molar-refractivity contribution >= 4 is 26.9 Å². The third-order valence-electron chi connectivity index (χ3n) is 3.50. The Kier molecular flexibility index (Phi) is 2.75. The van der Waals surface area contributed by atoms with Gasteiger partial charge in [-0.3, -0.25) is 0 Å². The lowest BCUT2D eigenvalue weighted by Crippen LogP contribution is -2.21. The van der Waals surface area contributed by atoms with Gasteiger partial charge in [0.05, 0.1) is 6.04 Å². The molecule has 3 rings (SSSR count). The first-order valence-corrected chi connectivity index (χ1v) is 6.88. The maximum atomic E-state index is 5.87. The Bertz CT molecular complexity index is 548. The van der Waals surface area contributed by atoms with Gasteiger partial charge < -0.3 is 9.73 Å². The van der Waals surface area contributed by atoms with Crippen molar-refractivity contribution in [2.75, 3.05) is 0 Å². The summed E-state index contributed by atoms with van der Waals surface area (Å²) in [6.07, 6.45) is 1.29. The molecule has 1 aromatic heterocycles. The summed E-state index contributed by atoms with van der Waals surface area (Å²) >= 11 is 3.48. The van der Waals surface area contributed by atoms with E-state index in [-0.39, 0.29) is 6.04 Å². The van der Waals surface area contributed by atoms with Gasteiger partial charge in [0.25, 0.3) is 0 Å². The molecule has 0 saturated heterocycles. The largest absolute Gasteiger partial charge is 0.459 e. The highest BCUT2D eigenvalue weighted by molar-refractivity contribution is 9.10. The van der Waals surface area contributed by atoms with Gasteiger partial charge in [0, 0.05) is 15.9 Å². The van der Waals surface area contributed by atoms with E-state index in [0.29, 0.717) is 6.04 Å². The Morgan fingerprint density at radius 1 is 1.41 bits per heavy atom. The summed E-state index contributed by atoms with van der Waals surface area (Å²) in [5.74, 6) is 1.84. The van der Waals surface area contributed by atoms with Crippen molar-refractivity contribution in [3.8, 4) is 0 Å². The Morgan fingerprint density at radius 3 is 2.88 bits per heavy atom. The van der Waals surface area contributed by atoms with Gasteiger partial charge >= 0.3 is 0 Å². The molecule has 2 nitrogen and oxygen atoms in total. The van der Waals surface area contributed by atoms with Gasteiger partial charge in [-0.15, -0.1) is 0 Å². The third-order valence-corrected chi connectivity index (χ3v) is 3.99.